The molecule has 37 heavy (non-hydrogen) atoms. The van der Waals surface area contributed by atoms with E-state index in [2.05, 4.69) is 22.0 Å². The molecule has 10 heteroatoms. The standard InChI is InChI=1S/C27H24ClF3N2O4/c1-14-2-3-16(14)12-19(25(34)33-18-7-4-15(5-8-18)26(35)36)21-10-6-17(13-32-21)23-22(37-27(30)31)11-9-20(28)24(23)29/h4-11,13-14,16,19,27H,2-3,12H2,1H3,(H,33,34)(H,35,36). The lowest BCUT2D eigenvalue weighted by Crippen LogP contribution is -2.30. The Bertz CT molecular complexity index is 1290. The van der Waals surface area contributed by atoms with Gasteiger partial charge in [-0.3, -0.25) is 9.78 Å². The Kier molecular flexibility index (Phi) is 8.02. The van der Waals surface area contributed by atoms with Crippen molar-refractivity contribution < 1.29 is 32.6 Å². The zero-order valence-electron chi connectivity index (χ0n) is 19.8. The number of benzene rings is 2. The van der Waals surface area contributed by atoms with E-state index in [9.17, 15) is 22.8 Å². The zero-order valence-corrected chi connectivity index (χ0v) is 20.5. The van der Waals surface area contributed by atoms with Crippen molar-refractivity contribution in [1.82, 2.24) is 4.98 Å². The van der Waals surface area contributed by atoms with Gasteiger partial charge in [-0.1, -0.05) is 31.0 Å². The third kappa shape index (κ3) is 6.05. The first-order valence-corrected chi connectivity index (χ1v) is 12.0. The predicted octanol–water partition coefficient (Wildman–Crippen LogP) is 7.00. The van der Waals surface area contributed by atoms with Gasteiger partial charge in [0, 0.05) is 17.4 Å². The maximum absolute atomic E-state index is 14.8. The molecule has 6 nitrogen and oxygen atoms in total. The second-order valence-electron chi connectivity index (χ2n) is 9.06. The van der Waals surface area contributed by atoms with Crippen LogP contribution in [0.15, 0.2) is 54.7 Å². The summed E-state index contributed by atoms with van der Waals surface area (Å²) >= 11 is 5.87. The molecule has 0 aliphatic heterocycles. The van der Waals surface area contributed by atoms with Gasteiger partial charge in [0.15, 0.2) is 5.82 Å². The molecule has 2 N–H and O–H groups in total. The maximum Gasteiger partial charge on any atom is 0.387 e. The molecule has 3 unspecified atom stereocenters. The number of ether oxygens (including phenoxy) is 1. The minimum atomic E-state index is -3.16. The Morgan fingerprint density at radius 3 is 2.41 bits per heavy atom. The Balaban J connectivity index is 1.62. The molecular formula is C27H24ClF3N2O4. The molecule has 2 aromatic carbocycles. The van der Waals surface area contributed by atoms with Gasteiger partial charge in [0.1, 0.15) is 5.75 Å². The van der Waals surface area contributed by atoms with E-state index in [4.69, 9.17) is 16.7 Å². The van der Waals surface area contributed by atoms with Gasteiger partial charge in [-0.05, 0) is 67.1 Å². The number of pyridine rings is 1. The van der Waals surface area contributed by atoms with Crippen molar-refractivity contribution in [2.75, 3.05) is 5.32 Å². The first-order valence-electron chi connectivity index (χ1n) is 11.7. The van der Waals surface area contributed by atoms with E-state index in [1.807, 2.05) is 0 Å². The number of rotatable bonds is 9. The van der Waals surface area contributed by atoms with E-state index >= 15 is 0 Å². The summed E-state index contributed by atoms with van der Waals surface area (Å²) in [5, 5.41) is 11.6. The smallest absolute Gasteiger partial charge is 0.387 e. The highest BCUT2D eigenvalue weighted by molar-refractivity contribution is 6.31. The summed E-state index contributed by atoms with van der Waals surface area (Å²) in [6.07, 6.45) is 3.90. The van der Waals surface area contributed by atoms with Crippen molar-refractivity contribution in [2.24, 2.45) is 11.8 Å². The lowest BCUT2D eigenvalue weighted by molar-refractivity contribution is -0.118. The molecule has 1 heterocycles. The van der Waals surface area contributed by atoms with E-state index < -0.39 is 24.3 Å². The minimum Gasteiger partial charge on any atom is -0.478 e. The van der Waals surface area contributed by atoms with Crippen LogP contribution in [0, 0.1) is 17.7 Å². The van der Waals surface area contributed by atoms with Crippen LogP contribution in [0.5, 0.6) is 5.75 Å². The fourth-order valence-electron chi connectivity index (χ4n) is 4.43. The molecule has 0 radical (unpaired) electrons. The molecule has 1 aliphatic rings. The van der Waals surface area contributed by atoms with Crippen LogP contribution in [0.2, 0.25) is 5.02 Å². The van der Waals surface area contributed by atoms with Crippen molar-refractivity contribution in [1.29, 1.82) is 0 Å². The summed E-state index contributed by atoms with van der Waals surface area (Å²) < 4.78 is 45.0. The number of halogens is 4. The normalized spacial score (nSPS) is 17.7. The number of alkyl halides is 2. The van der Waals surface area contributed by atoms with Crippen molar-refractivity contribution in [3.05, 3.63) is 76.8 Å². The summed E-state index contributed by atoms with van der Waals surface area (Å²) in [4.78, 5) is 28.8. The molecule has 3 aromatic rings. The molecule has 1 aromatic heterocycles. The number of carboxylic acid groups (broad SMARTS) is 1. The van der Waals surface area contributed by atoms with Gasteiger partial charge in [0.25, 0.3) is 0 Å². The monoisotopic (exact) mass is 532 g/mol. The number of aromatic carboxylic acids is 1. The number of amides is 1. The Morgan fingerprint density at radius 2 is 1.86 bits per heavy atom. The lowest BCUT2D eigenvalue weighted by Gasteiger charge is -2.36. The number of nitrogens with zero attached hydrogens (tertiary/aromatic N) is 1. The van der Waals surface area contributed by atoms with E-state index in [1.165, 1.54) is 36.5 Å². The predicted molar refractivity (Wildman–Crippen MR) is 133 cm³/mol. The van der Waals surface area contributed by atoms with E-state index in [-0.39, 0.29) is 33.4 Å². The number of hydrogen-bond donors (Lipinski definition) is 2. The second kappa shape index (κ2) is 11.2. The van der Waals surface area contributed by atoms with Crippen LogP contribution in [0.1, 0.15) is 48.2 Å². The van der Waals surface area contributed by atoms with Crippen molar-refractivity contribution in [3.63, 3.8) is 0 Å². The third-order valence-corrected chi connectivity index (χ3v) is 7.05. The van der Waals surface area contributed by atoms with E-state index in [0.717, 1.165) is 25.0 Å². The number of carbonyl (C=O) groups excluding carboxylic acids is 1. The minimum absolute atomic E-state index is 0.0959. The van der Waals surface area contributed by atoms with Gasteiger partial charge in [-0.25, -0.2) is 9.18 Å². The molecule has 1 aliphatic carbocycles. The van der Waals surface area contributed by atoms with Crippen LogP contribution in [-0.4, -0.2) is 28.6 Å². The molecular weight excluding hydrogens is 509 g/mol. The number of carbonyl (C=O) groups is 2. The van der Waals surface area contributed by atoms with Crippen LogP contribution < -0.4 is 10.1 Å². The highest BCUT2D eigenvalue weighted by Gasteiger charge is 2.33. The van der Waals surface area contributed by atoms with Gasteiger partial charge in [0.05, 0.1) is 27.8 Å². The highest BCUT2D eigenvalue weighted by atomic mass is 35.5. The van der Waals surface area contributed by atoms with Gasteiger partial charge in [-0.2, -0.15) is 8.78 Å². The topological polar surface area (TPSA) is 88.5 Å². The van der Waals surface area contributed by atoms with E-state index in [0.29, 0.717) is 29.6 Å². The van der Waals surface area contributed by atoms with Crippen molar-refractivity contribution >= 4 is 29.2 Å². The molecule has 1 fully saturated rings. The van der Waals surface area contributed by atoms with Gasteiger partial charge >= 0.3 is 12.6 Å². The van der Waals surface area contributed by atoms with Gasteiger partial charge in [-0.15, -0.1) is 0 Å². The number of carboxylic acids is 1. The fourth-order valence-corrected chi connectivity index (χ4v) is 4.59. The molecule has 1 amide bonds. The van der Waals surface area contributed by atoms with Crippen LogP contribution in [-0.2, 0) is 4.79 Å². The molecule has 0 spiro atoms. The quantitative estimate of drug-likeness (QED) is 0.310. The summed E-state index contributed by atoms with van der Waals surface area (Å²) in [5.74, 6) is -2.55. The Labute approximate surface area is 216 Å². The first-order chi connectivity index (χ1) is 17.6. The summed E-state index contributed by atoms with van der Waals surface area (Å²) in [5.41, 5.74) is 0.881. The van der Waals surface area contributed by atoms with Gasteiger partial charge < -0.3 is 15.2 Å². The Morgan fingerprint density at radius 1 is 1.14 bits per heavy atom. The first kappa shape index (κ1) is 26.5. The zero-order chi connectivity index (χ0) is 26.7. The van der Waals surface area contributed by atoms with Gasteiger partial charge in [0.2, 0.25) is 5.91 Å². The summed E-state index contributed by atoms with van der Waals surface area (Å²) in [7, 11) is 0. The molecule has 194 valence electrons. The lowest BCUT2D eigenvalue weighted by atomic mass is 9.70. The third-order valence-electron chi connectivity index (χ3n) is 6.76. The number of nitrogens with one attached hydrogen (secondary N) is 1. The summed E-state index contributed by atoms with van der Waals surface area (Å²) in [6, 6.07) is 11.1. The second-order valence-corrected chi connectivity index (χ2v) is 9.47. The number of anilines is 1. The average molecular weight is 533 g/mol. The highest BCUT2D eigenvalue weighted by Crippen LogP contribution is 2.41. The molecule has 1 saturated carbocycles. The van der Waals surface area contributed by atoms with Crippen LogP contribution in [0.3, 0.4) is 0 Å². The van der Waals surface area contributed by atoms with Crippen molar-refractivity contribution in [2.45, 2.75) is 38.7 Å². The summed E-state index contributed by atoms with van der Waals surface area (Å²) in [6.45, 7) is -1.04. The molecule has 4 rings (SSSR count). The average Bonchev–Trinajstić information content (AvgIpc) is 2.86. The molecule has 0 saturated heterocycles. The maximum atomic E-state index is 14.8. The Hall–Kier alpha value is -3.59. The SMILES string of the molecule is CC1CCC1CC(C(=O)Nc1ccc(C(=O)O)cc1)c1ccc(-c2c(OC(F)F)ccc(Cl)c2F)cn1. The number of aromatic nitrogens is 1. The van der Waals surface area contributed by atoms with Crippen LogP contribution in [0.4, 0.5) is 18.9 Å². The molecule has 0 bridgehead atoms. The van der Waals surface area contributed by atoms with E-state index in [1.54, 1.807) is 6.07 Å². The number of hydrogen-bond acceptors (Lipinski definition) is 4. The molecule has 3 atom stereocenters. The largest absolute Gasteiger partial charge is 0.478 e. The fraction of sp³-hybridized carbons (Fsp3) is 0.296. The van der Waals surface area contributed by atoms with Crippen LogP contribution >= 0.6 is 11.6 Å². The van der Waals surface area contributed by atoms with Crippen LogP contribution in [0.25, 0.3) is 11.1 Å². The van der Waals surface area contributed by atoms with Crippen molar-refractivity contribution in [3.8, 4) is 16.9 Å².